The van der Waals surface area contributed by atoms with Crippen molar-refractivity contribution in [2.24, 2.45) is 11.8 Å². The molecular formula is C28H36O5. The van der Waals surface area contributed by atoms with Crippen LogP contribution in [0.25, 0.3) is 0 Å². The van der Waals surface area contributed by atoms with Gasteiger partial charge >= 0.3 is 5.97 Å². The summed E-state index contributed by atoms with van der Waals surface area (Å²) in [7, 11) is 0. The highest BCUT2D eigenvalue weighted by Gasteiger charge is 2.35. The molecule has 1 saturated heterocycles. The minimum Gasteiger partial charge on any atom is -0.455 e. The fraction of sp³-hybridized carbons (Fsp3) is 0.464. The number of carbonyl (C=O) groups is 3. The van der Waals surface area contributed by atoms with E-state index >= 15 is 0 Å². The lowest BCUT2D eigenvalue weighted by atomic mass is 9.90. The van der Waals surface area contributed by atoms with Crippen LogP contribution in [0.5, 0.6) is 0 Å². The molecule has 5 heteroatoms. The van der Waals surface area contributed by atoms with Gasteiger partial charge in [-0.2, -0.15) is 0 Å². The van der Waals surface area contributed by atoms with E-state index in [4.69, 9.17) is 9.47 Å². The molecule has 0 saturated carbocycles. The molecule has 2 heterocycles. The predicted molar refractivity (Wildman–Crippen MR) is 130 cm³/mol. The van der Waals surface area contributed by atoms with Gasteiger partial charge in [-0.15, -0.1) is 0 Å². The molecule has 178 valence electrons. The summed E-state index contributed by atoms with van der Waals surface area (Å²) < 4.78 is 11.1. The van der Waals surface area contributed by atoms with Crippen LogP contribution in [-0.4, -0.2) is 35.8 Å². The zero-order valence-corrected chi connectivity index (χ0v) is 20.3. The fourth-order valence-electron chi connectivity index (χ4n) is 3.94. The van der Waals surface area contributed by atoms with E-state index in [9.17, 15) is 14.4 Å². The van der Waals surface area contributed by atoms with E-state index in [-0.39, 0.29) is 42.1 Å². The minimum atomic E-state index is -0.713. The second-order valence-electron chi connectivity index (χ2n) is 8.91. The molecule has 0 radical (unpaired) electrons. The van der Waals surface area contributed by atoms with Gasteiger partial charge in [-0.05, 0) is 45.3 Å². The Morgan fingerprint density at radius 1 is 1.21 bits per heavy atom. The quantitative estimate of drug-likeness (QED) is 0.203. The second-order valence-corrected chi connectivity index (χ2v) is 8.91. The van der Waals surface area contributed by atoms with Crippen molar-refractivity contribution >= 4 is 17.5 Å². The monoisotopic (exact) mass is 452 g/mol. The van der Waals surface area contributed by atoms with Crippen LogP contribution in [0.15, 0.2) is 71.9 Å². The molecule has 0 aliphatic carbocycles. The summed E-state index contributed by atoms with van der Waals surface area (Å²) in [5.74, 6) is -0.330. The standard InChI is InChI=1S/C28H36O5/c1-6-9-26-22(5)25(30)18-27(33-26)24(29)12-7-10-19(2)16-21(4)17-20(3)14-15-23-11-8-13-28(31)32-23/h6-10,12-15,17,21-23,26-27H,11,16,18H2,1-5H3/b9-6+,12-7+,15-14+,19-10+,20-17-/t21-,22+,23-,26+,27+/m1/s1. The Morgan fingerprint density at radius 2 is 1.97 bits per heavy atom. The Balaban J connectivity index is 1.86. The lowest BCUT2D eigenvalue weighted by Crippen LogP contribution is -2.42. The first-order chi connectivity index (χ1) is 15.7. The zero-order chi connectivity index (χ0) is 24.4. The van der Waals surface area contributed by atoms with Gasteiger partial charge < -0.3 is 9.47 Å². The van der Waals surface area contributed by atoms with Crippen molar-refractivity contribution in [1.29, 1.82) is 0 Å². The number of esters is 1. The SMILES string of the molecule is C/C=C/[C@@H]1O[C@H](C(=O)/C=C/C=C(\C)C[C@@H](C)/C=C(C)\C=C\[C@H]2CC=CC(=O)O2)CC(=O)[C@@H]1C. The third-order valence-electron chi connectivity index (χ3n) is 5.70. The van der Waals surface area contributed by atoms with Gasteiger partial charge in [0, 0.05) is 24.8 Å². The summed E-state index contributed by atoms with van der Waals surface area (Å²) in [6.07, 6.45) is 18.6. The second kappa shape index (κ2) is 13.0. The fourth-order valence-corrected chi connectivity index (χ4v) is 3.94. The molecule has 0 spiro atoms. The molecule has 0 aromatic heterocycles. The number of cyclic esters (lactones) is 1. The van der Waals surface area contributed by atoms with Crippen molar-refractivity contribution in [3.63, 3.8) is 0 Å². The average Bonchev–Trinajstić information content (AvgIpc) is 2.75. The first-order valence-electron chi connectivity index (χ1n) is 11.6. The van der Waals surface area contributed by atoms with E-state index in [0.29, 0.717) is 12.3 Å². The normalized spacial score (nSPS) is 28.2. The molecule has 2 aliphatic heterocycles. The summed E-state index contributed by atoms with van der Waals surface area (Å²) >= 11 is 0. The third-order valence-corrected chi connectivity index (χ3v) is 5.70. The summed E-state index contributed by atoms with van der Waals surface area (Å²) in [5.41, 5.74) is 2.25. The lowest BCUT2D eigenvalue weighted by molar-refractivity contribution is -0.149. The van der Waals surface area contributed by atoms with Gasteiger partial charge in [-0.3, -0.25) is 9.59 Å². The number of hydrogen-bond acceptors (Lipinski definition) is 5. The van der Waals surface area contributed by atoms with Crippen molar-refractivity contribution < 1.29 is 23.9 Å². The smallest absolute Gasteiger partial charge is 0.331 e. The van der Waals surface area contributed by atoms with Crippen LogP contribution < -0.4 is 0 Å². The molecule has 5 nitrogen and oxygen atoms in total. The van der Waals surface area contributed by atoms with Gasteiger partial charge in [0.1, 0.15) is 18.0 Å². The van der Waals surface area contributed by atoms with Gasteiger partial charge in [0.15, 0.2) is 5.78 Å². The highest BCUT2D eigenvalue weighted by atomic mass is 16.5. The van der Waals surface area contributed by atoms with E-state index in [1.807, 2.05) is 64.2 Å². The van der Waals surface area contributed by atoms with Gasteiger partial charge in [0.05, 0.1) is 6.10 Å². The number of rotatable bonds is 9. The summed E-state index contributed by atoms with van der Waals surface area (Å²) in [4.78, 5) is 36.0. The number of Topliss-reactive ketones (excluding diaryl/α,β-unsaturated/α-hetero) is 1. The number of carbonyl (C=O) groups excluding carboxylic acids is 3. The molecule has 1 fully saturated rings. The van der Waals surface area contributed by atoms with Crippen molar-refractivity contribution in [2.75, 3.05) is 0 Å². The Kier molecular flexibility index (Phi) is 10.5. The molecule has 0 aromatic rings. The van der Waals surface area contributed by atoms with Crippen LogP contribution in [0.4, 0.5) is 0 Å². The van der Waals surface area contributed by atoms with E-state index in [2.05, 4.69) is 13.0 Å². The molecule has 0 N–H and O–H groups in total. The molecule has 0 bridgehead atoms. The maximum absolute atomic E-state index is 12.5. The predicted octanol–water partition coefficient (Wildman–Crippen LogP) is 5.40. The van der Waals surface area contributed by atoms with E-state index in [0.717, 1.165) is 17.6 Å². The van der Waals surface area contributed by atoms with Gasteiger partial charge in [-0.1, -0.05) is 67.5 Å². The Hall–Kier alpha value is -2.79. The first-order valence-corrected chi connectivity index (χ1v) is 11.6. The average molecular weight is 453 g/mol. The maximum Gasteiger partial charge on any atom is 0.331 e. The zero-order valence-electron chi connectivity index (χ0n) is 20.3. The van der Waals surface area contributed by atoms with Crippen LogP contribution in [0.1, 0.15) is 53.9 Å². The molecule has 0 unspecified atom stereocenters. The molecule has 0 amide bonds. The summed E-state index contributed by atoms with van der Waals surface area (Å²) in [6.45, 7) is 9.90. The Labute approximate surface area is 197 Å². The molecule has 0 aromatic carbocycles. The lowest BCUT2D eigenvalue weighted by Gasteiger charge is -2.30. The summed E-state index contributed by atoms with van der Waals surface area (Å²) in [6, 6.07) is 0. The van der Waals surface area contributed by atoms with Crippen LogP contribution >= 0.6 is 0 Å². The highest BCUT2D eigenvalue weighted by Crippen LogP contribution is 2.24. The molecule has 5 atom stereocenters. The Morgan fingerprint density at radius 3 is 2.67 bits per heavy atom. The number of ketones is 2. The van der Waals surface area contributed by atoms with Crippen LogP contribution in [0.2, 0.25) is 0 Å². The van der Waals surface area contributed by atoms with Gasteiger partial charge in [0.2, 0.25) is 0 Å². The Bertz CT molecular complexity index is 899. The molecular weight excluding hydrogens is 416 g/mol. The van der Waals surface area contributed by atoms with Crippen molar-refractivity contribution in [2.45, 2.75) is 72.2 Å². The number of ether oxygens (including phenoxy) is 2. The van der Waals surface area contributed by atoms with Crippen LogP contribution in [-0.2, 0) is 23.9 Å². The molecule has 2 aliphatic rings. The van der Waals surface area contributed by atoms with Crippen molar-refractivity contribution in [1.82, 2.24) is 0 Å². The summed E-state index contributed by atoms with van der Waals surface area (Å²) in [5, 5.41) is 0. The highest BCUT2D eigenvalue weighted by molar-refractivity contribution is 5.98. The molecule has 33 heavy (non-hydrogen) atoms. The van der Waals surface area contributed by atoms with Gasteiger partial charge in [-0.25, -0.2) is 4.79 Å². The number of allylic oxidation sites excluding steroid dienone is 7. The van der Waals surface area contributed by atoms with Crippen molar-refractivity contribution in [3.8, 4) is 0 Å². The minimum absolute atomic E-state index is 0.0611. The van der Waals surface area contributed by atoms with E-state index in [1.165, 1.54) is 12.2 Å². The largest absolute Gasteiger partial charge is 0.455 e. The number of hydrogen-bond donors (Lipinski definition) is 0. The van der Waals surface area contributed by atoms with Crippen LogP contribution in [0, 0.1) is 11.8 Å². The topological polar surface area (TPSA) is 69.7 Å². The van der Waals surface area contributed by atoms with Crippen LogP contribution in [0.3, 0.4) is 0 Å². The van der Waals surface area contributed by atoms with E-state index in [1.54, 1.807) is 6.08 Å². The van der Waals surface area contributed by atoms with Gasteiger partial charge in [0.25, 0.3) is 0 Å². The van der Waals surface area contributed by atoms with E-state index < -0.39 is 6.10 Å². The maximum atomic E-state index is 12.5. The van der Waals surface area contributed by atoms with Crippen molar-refractivity contribution in [3.05, 3.63) is 71.9 Å². The first kappa shape index (κ1) is 26.5. The molecule has 2 rings (SSSR count). The third kappa shape index (κ3) is 8.93.